The first-order valence-corrected chi connectivity index (χ1v) is 15.2. The van der Waals surface area contributed by atoms with Crippen LogP contribution in [0, 0.1) is 18.5 Å². The quantitative estimate of drug-likeness (QED) is 0.204. The summed E-state index contributed by atoms with van der Waals surface area (Å²) in [6, 6.07) is 13.8. The molecule has 0 fully saturated rings. The summed E-state index contributed by atoms with van der Waals surface area (Å²) in [6.45, 7) is 11.0. The molecule has 0 bridgehead atoms. The summed E-state index contributed by atoms with van der Waals surface area (Å²) in [6.07, 6.45) is 5.00. The molecule has 3 aromatic rings. The number of carbonyl (C=O) groups is 1. The Labute approximate surface area is 245 Å². The maximum absolute atomic E-state index is 13.5. The predicted molar refractivity (Wildman–Crippen MR) is 169 cm³/mol. The van der Waals surface area contributed by atoms with E-state index in [0.717, 1.165) is 54.0 Å². The average molecular weight is 726 g/mol. The Kier molecular flexibility index (Phi) is 8.82. The number of ether oxygens (including phenoxy) is 1. The van der Waals surface area contributed by atoms with Gasteiger partial charge >= 0.3 is 0 Å². The number of hydrogen-bond acceptors (Lipinski definition) is 4. The van der Waals surface area contributed by atoms with Gasteiger partial charge in [-0.25, -0.2) is 4.99 Å². The predicted octanol–water partition coefficient (Wildman–Crippen LogP) is 8.90. The standard InChI is InChI=1S/C29H32I2N2O2S/c1-17(2)35-26-22(30)13-18(14-23(26)31)16-32-28-25(27(34)33-20-9-7-6-8-10-20)21-12-11-19(29(3,4)5)15-24(21)36-28/h6-10,13-14,16-17,19H,11-12,15H2,1-5H3,(H,33,34)/t19-/m0/s1. The molecule has 1 N–H and O–H groups in total. The van der Waals surface area contributed by atoms with Crippen molar-refractivity contribution in [3.05, 3.63) is 71.2 Å². The van der Waals surface area contributed by atoms with Crippen LogP contribution in [-0.2, 0) is 12.8 Å². The number of amides is 1. The van der Waals surface area contributed by atoms with Crippen LogP contribution in [0.3, 0.4) is 0 Å². The normalized spacial score (nSPS) is 15.8. The van der Waals surface area contributed by atoms with Crippen molar-refractivity contribution in [1.82, 2.24) is 0 Å². The zero-order valence-corrected chi connectivity index (χ0v) is 26.5. The van der Waals surface area contributed by atoms with Crippen molar-refractivity contribution >= 4 is 79.3 Å². The van der Waals surface area contributed by atoms with E-state index >= 15 is 0 Å². The van der Waals surface area contributed by atoms with Crippen molar-refractivity contribution in [3.8, 4) is 5.75 Å². The second-order valence-electron chi connectivity index (χ2n) is 10.5. The Bertz CT molecular complexity index is 1250. The van der Waals surface area contributed by atoms with Crippen LogP contribution in [0.4, 0.5) is 10.7 Å². The molecule has 0 saturated carbocycles. The molecule has 4 nitrogen and oxygen atoms in total. The van der Waals surface area contributed by atoms with Gasteiger partial charge in [0, 0.05) is 16.8 Å². The summed E-state index contributed by atoms with van der Waals surface area (Å²) < 4.78 is 8.09. The number of hydrogen-bond donors (Lipinski definition) is 1. The Morgan fingerprint density at radius 1 is 1.17 bits per heavy atom. The van der Waals surface area contributed by atoms with Crippen LogP contribution < -0.4 is 10.1 Å². The zero-order chi connectivity index (χ0) is 26.0. The monoisotopic (exact) mass is 726 g/mol. The van der Waals surface area contributed by atoms with Crippen LogP contribution >= 0.6 is 56.5 Å². The van der Waals surface area contributed by atoms with E-state index in [1.54, 1.807) is 11.3 Å². The molecule has 36 heavy (non-hydrogen) atoms. The Morgan fingerprint density at radius 2 is 1.83 bits per heavy atom. The van der Waals surface area contributed by atoms with E-state index in [9.17, 15) is 4.79 Å². The van der Waals surface area contributed by atoms with Crippen LogP contribution in [0.15, 0.2) is 47.5 Å². The van der Waals surface area contributed by atoms with Gasteiger partial charge in [-0.2, -0.15) is 0 Å². The highest BCUT2D eigenvalue weighted by molar-refractivity contribution is 14.1. The highest BCUT2D eigenvalue weighted by Crippen LogP contribution is 2.45. The second-order valence-corrected chi connectivity index (χ2v) is 14.0. The molecule has 7 heteroatoms. The minimum absolute atomic E-state index is 0.0788. The summed E-state index contributed by atoms with van der Waals surface area (Å²) in [4.78, 5) is 19.7. The zero-order valence-electron chi connectivity index (χ0n) is 21.3. The lowest BCUT2D eigenvalue weighted by Crippen LogP contribution is -2.27. The van der Waals surface area contributed by atoms with E-state index in [1.807, 2.05) is 50.4 Å². The highest BCUT2D eigenvalue weighted by Gasteiger charge is 2.33. The molecule has 1 aliphatic carbocycles. The number of aliphatic imine (C=N–C) groups is 1. The molecule has 1 aromatic heterocycles. The van der Waals surface area contributed by atoms with E-state index in [1.165, 1.54) is 10.4 Å². The third kappa shape index (κ3) is 6.51. The van der Waals surface area contributed by atoms with Gasteiger partial charge in [0.15, 0.2) is 0 Å². The summed E-state index contributed by atoms with van der Waals surface area (Å²) in [7, 11) is 0. The molecule has 1 aliphatic rings. The lowest BCUT2D eigenvalue weighted by molar-refractivity contribution is 0.102. The molecule has 0 radical (unpaired) electrons. The van der Waals surface area contributed by atoms with Crippen LogP contribution in [0.25, 0.3) is 0 Å². The minimum atomic E-state index is -0.0788. The first-order chi connectivity index (χ1) is 17.0. The molecule has 0 aliphatic heterocycles. The third-order valence-electron chi connectivity index (χ3n) is 6.44. The number of benzene rings is 2. The number of para-hydroxylation sites is 1. The Hall–Kier alpha value is -1.46. The molecule has 0 saturated heterocycles. The molecule has 2 aromatic carbocycles. The Morgan fingerprint density at radius 3 is 2.44 bits per heavy atom. The van der Waals surface area contributed by atoms with Crippen LogP contribution in [0.5, 0.6) is 5.75 Å². The van der Waals surface area contributed by atoms with Gasteiger partial charge in [0.1, 0.15) is 10.8 Å². The lowest BCUT2D eigenvalue weighted by atomic mass is 9.72. The van der Waals surface area contributed by atoms with Crippen LogP contribution in [0.1, 0.15) is 67.4 Å². The fraction of sp³-hybridized carbons (Fsp3) is 0.379. The molecule has 1 amide bonds. The van der Waals surface area contributed by atoms with E-state index in [-0.39, 0.29) is 17.4 Å². The smallest absolute Gasteiger partial charge is 0.259 e. The van der Waals surface area contributed by atoms with Crippen molar-refractivity contribution in [3.63, 3.8) is 0 Å². The molecule has 1 atom stereocenters. The van der Waals surface area contributed by atoms with Crippen molar-refractivity contribution in [2.75, 3.05) is 5.32 Å². The van der Waals surface area contributed by atoms with E-state index in [0.29, 0.717) is 5.92 Å². The van der Waals surface area contributed by atoms with Gasteiger partial charge in [0.05, 0.1) is 18.8 Å². The van der Waals surface area contributed by atoms with Gasteiger partial charge in [0.25, 0.3) is 5.91 Å². The number of anilines is 1. The first-order valence-electron chi connectivity index (χ1n) is 12.2. The number of nitrogens with zero attached hydrogens (tertiary/aromatic N) is 1. The maximum Gasteiger partial charge on any atom is 0.259 e. The van der Waals surface area contributed by atoms with Crippen LogP contribution in [-0.4, -0.2) is 18.2 Å². The fourth-order valence-electron chi connectivity index (χ4n) is 4.49. The summed E-state index contributed by atoms with van der Waals surface area (Å²) in [5, 5.41) is 3.88. The second kappa shape index (κ2) is 11.5. The number of thiophene rings is 1. The van der Waals surface area contributed by atoms with Gasteiger partial charge in [0.2, 0.25) is 0 Å². The lowest BCUT2D eigenvalue weighted by Gasteiger charge is -2.33. The summed E-state index contributed by atoms with van der Waals surface area (Å²) >= 11 is 6.30. The van der Waals surface area contributed by atoms with Gasteiger partial charge in [-0.05, 0) is 125 Å². The minimum Gasteiger partial charge on any atom is -0.489 e. The molecular weight excluding hydrogens is 694 g/mol. The average Bonchev–Trinajstić information content (AvgIpc) is 3.18. The van der Waals surface area contributed by atoms with Crippen LogP contribution in [0.2, 0.25) is 0 Å². The van der Waals surface area contributed by atoms with Gasteiger partial charge in [-0.1, -0.05) is 39.0 Å². The molecule has 190 valence electrons. The molecule has 1 heterocycles. The number of halogens is 2. The molecule has 4 rings (SSSR count). The summed E-state index contributed by atoms with van der Waals surface area (Å²) in [5.74, 6) is 1.43. The largest absolute Gasteiger partial charge is 0.489 e. The Balaban J connectivity index is 1.70. The van der Waals surface area contributed by atoms with Crippen molar-refractivity contribution in [2.45, 2.75) is 60.0 Å². The SMILES string of the molecule is CC(C)Oc1c(I)cc(C=Nc2sc3c(c2C(=O)Nc2ccccc2)CC[C@H](C(C)(C)C)C3)cc1I. The maximum atomic E-state index is 13.5. The van der Waals surface area contributed by atoms with Crippen molar-refractivity contribution in [1.29, 1.82) is 0 Å². The molecular formula is C29H32I2N2O2S. The van der Waals surface area contributed by atoms with Gasteiger partial charge in [-0.15, -0.1) is 11.3 Å². The number of nitrogens with one attached hydrogen (secondary N) is 1. The molecule has 0 unspecified atom stereocenters. The van der Waals surface area contributed by atoms with Crippen molar-refractivity contribution < 1.29 is 9.53 Å². The first kappa shape index (κ1) is 27.6. The third-order valence-corrected chi connectivity index (χ3v) is 9.20. The van der Waals surface area contributed by atoms with E-state index in [4.69, 9.17) is 9.73 Å². The number of rotatable bonds is 6. The number of carbonyl (C=O) groups excluding carboxylic acids is 1. The van der Waals surface area contributed by atoms with Gasteiger partial charge in [-0.3, -0.25) is 4.79 Å². The number of fused-ring (bicyclic) bond motifs is 1. The topological polar surface area (TPSA) is 50.7 Å². The summed E-state index contributed by atoms with van der Waals surface area (Å²) in [5.41, 5.74) is 3.93. The van der Waals surface area contributed by atoms with E-state index in [2.05, 4.69) is 83.4 Å². The molecule has 0 spiro atoms. The van der Waals surface area contributed by atoms with Crippen molar-refractivity contribution in [2.24, 2.45) is 16.3 Å². The highest BCUT2D eigenvalue weighted by atomic mass is 127. The van der Waals surface area contributed by atoms with E-state index < -0.39 is 0 Å². The van der Waals surface area contributed by atoms with Gasteiger partial charge < -0.3 is 10.1 Å². The fourth-order valence-corrected chi connectivity index (χ4v) is 7.83.